The first kappa shape index (κ1) is 34.5. The van der Waals surface area contributed by atoms with Crippen molar-refractivity contribution in [3.8, 4) is 0 Å². The van der Waals surface area contributed by atoms with Crippen molar-refractivity contribution in [1.82, 2.24) is 20.1 Å². The van der Waals surface area contributed by atoms with Gasteiger partial charge in [-0.1, -0.05) is 31.4 Å². The van der Waals surface area contributed by atoms with Crippen LogP contribution >= 0.6 is 11.3 Å². The summed E-state index contributed by atoms with van der Waals surface area (Å²) >= 11 is 1.30. The normalized spacial score (nSPS) is 23.1. The van der Waals surface area contributed by atoms with Crippen LogP contribution in [0.5, 0.6) is 0 Å². The number of amides is 3. The summed E-state index contributed by atoms with van der Waals surface area (Å²) in [4.78, 5) is 61.5. The number of likely N-dealkylation sites (tertiary alicyclic amines) is 2. The van der Waals surface area contributed by atoms with E-state index in [1.165, 1.54) is 30.6 Å². The molecule has 3 amide bonds. The molecule has 4 heterocycles. The molecule has 2 aromatic rings. The van der Waals surface area contributed by atoms with Gasteiger partial charge in [0.25, 0.3) is 5.91 Å². The van der Waals surface area contributed by atoms with E-state index >= 15 is 0 Å². The number of nitrogens with zero attached hydrogens (tertiary/aromatic N) is 3. The summed E-state index contributed by atoms with van der Waals surface area (Å²) in [6.07, 6.45) is 9.77. The number of aromatic nitrogens is 1. The van der Waals surface area contributed by atoms with Crippen LogP contribution in [-0.4, -0.2) is 102 Å². The highest BCUT2D eigenvalue weighted by Gasteiger charge is 2.52. The molecule has 1 aliphatic carbocycles. The maximum absolute atomic E-state index is 14.3. The molecule has 48 heavy (non-hydrogen) atoms. The number of carbonyl (C=O) groups excluding carboxylic acids is 3. The fourth-order valence-corrected chi connectivity index (χ4v) is 8.73. The minimum Gasteiger partial charge on any atom is -0.478 e. The van der Waals surface area contributed by atoms with Crippen LogP contribution < -0.4 is 5.32 Å². The first-order valence-electron chi connectivity index (χ1n) is 17.5. The van der Waals surface area contributed by atoms with Crippen LogP contribution in [0.25, 0.3) is 0 Å². The van der Waals surface area contributed by atoms with Gasteiger partial charge in [0.05, 0.1) is 29.3 Å². The highest BCUT2D eigenvalue weighted by atomic mass is 32.1. The molecule has 1 saturated carbocycles. The molecule has 1 spiro atoms. The second-order valence-corrected chi connectivity index (χ2v) is 15.0. The minimum atomic E-state index is -0.950. The average molecular weight is 681 g/mol. The molecule has 3 atom stereocenters. The average Bonchev–Trinajstić information content (AvgIpc) is 3.79. The third-order valence-electron chi connectivity index (χ3n) is 11.2. The quantitative estimate of drug-likeness (QED) is 0.372. The highest BCUT2D eigenvalue weighted by molar-refractivity contribution is 7.11. The van der Waals surface area contributed by atoms with Gasteiger partial charge < -0.3 is 29.7 Å². The molecular weight excluding hydrogens is 632 g/mol. The molecular formula is C36H48N4O7S. The van der Waals surface area contributed by atoms with Crippen LogP contribution in [0.2, 0.25) is 0 Å². The predicted octanol–water partition coefficient (Wildman–Crippen LogP) is 4.59. The zero-order chi connectivity index (χ0) is 33.7. The lowest BCUT2D eigenvalue weighted by Crippen LogP contribution is -2.58. The van der Waals surface area contributed by atoms with Crippen molar-refractivity contribution in [1.29, 1.82) is 0 Å². The van der Waals surface area contributed by atoms with Crippen molar-refractivity contribution < 1.29 is 33.8 Å². The van der Waals surface area contributed by atoms with E-state index in [1.807, 2.05) is 24.0 Å². The van der Waals surface area contributed by atoms with Crippen molar-refractivity contribution >= 4 is 35.0 Å². The second kappa shape index (κ2) is 15.5. The lowest BCUT2D eigenvalue weighted by atomic mass is 9.71. The molecule has 4 fully saturated rings. The Morgan fingerprint density at radius 2 is 1.75 bits per heavy atom. The van der Waals surface area contributed by atoms with Gasteiger partial charge in [0.15, 0.2) is 0 Å². The molecule has 11 nitrogen and oxygen atoms in total. The number of carboxylic acids is 1. The molecule has 2 N–H and O–H groups in total. The van der Waals surface area contributed by atoms with Crippen LogP contribution in [0.15, 0.2) is 36.0 Å². The molecule has 12 heteroatoms. The molecule has 260 valence electrons. The van der Waals surface area contributed by atoms with E-state index in [0.29, 0.717) is 63.1 Å². The fourth-order valence-electron chi connectivity index (χ4n) is 8.15. The monoisotopic (exact) mass is 680 g/mol. The van der Waals surface area contributed by atoms with E-state index in [4.69, 9.17) is 9.47 Å². The van der Waals surface area contributed by atoms with Gasteiger partial charge in [-0.2, -0.15) is 0 Å². The zero-order valence-corrected chi connectivity index (χ0v) is 28.6. The van der Waals surface area contributed by atoms with Gasteiger partial charge in [0.2, 0.25) is 11.8 Å². The molecule has 0 bridgehead atoms. The van der Waals surface area contributed by atoms with Crippen LogP contribution in [0, 0.1) is 17.3 Å². The van der Waals surface area contributed by atoms with Crippen LogP contribution in [0.4, 0.5) is 0 Å². The molecule has 1 aromatic heterocycles. The first-order valence-corrected chi connectivity index (χ1v) is 18.4. The van der Waals surface area contributed by atoms with Gasteiger partial charge in [0, 0.05) is 51.4 Å². The molecule has 3 saturated heterocycles. The summed E-state index contributed by atoms with van der Waals surface area (Å²) < 4.78 is 12.1. The summed E-state index contributed by atoms with van der Waals surface area (Å²) in [6, 6.07) is 6.15. The summed E-state index contributed by atoms with van der Waals surface area (Å²) in [5.74, 6) is -1.21. The van der Waals surface area contributed by atoms with Gasteiger partial charge in [-0.05, 0) is 75.0 Å². The number of ether oxygens (including phenoxy) is 2. The number of aromatic carboxylic acids is 1. The Morgan fingerprint density at radius 3 is 2.40 bits per heavy atom. The van der Waals surface area contributed by atoms with Gasteiger partial charge >= 0.3 is 5.97 Å². The van der Waals surface area contributed by atoms with Crippen molar-refractivity contribution in [3.63, 3.8) is 0 Å². The Balaban J connectivity index is 1.16. The van der Waals surface area contributed by atoms with Gasteiger partial charge in [-0.15, -0.1) is 11.3 Å². The Labute approximate surface area is 286 Å². The Morgan fingerprint density at radius 1 is 1.04 bits per heavy atom. The van der Waals surface area contributed by atoms with Crippen molar-refractivity contribution in [2.45, 2.75) is 82.8 Å². The molecule has 1 aromatic carbocycles. The third kappa shape index (κ3) is 7.76. The molecule has 1 unspecified atom stereocenters. The molecule has 0 radical (unpaired) electrons. The molecule has 4 aliphatic rings. The number of nitrogens with one attached hydrogen (secondary N) is 1. The maximum atomic E-state index is 14.3. The van der Waals surface area contributed by atoms with E-state index in [9.17, 15) is 24.3 Å². The van der Waals surface area contributed by atoms with Crippen molar-refractivity contribution in [3.05, 3.63) is 52.0 Å². The summed E-state index contributed by atoms with van der Waals surface area (Å²) in [7, 11) is 0. The SMILES string of the molecule is C[C@@H](OCC1CCCCC1)[C@H](NC(=O)C1CN(C(=O)c2cncs2)CC12CCOCC2)C(=O)N1CCC(c2ccc(C(=O)O)cc2)CC1. The number of carbonyl (C=O) groups is 4. The van der Waals surface area contributed by atoms with Gasteiger partial charge in [-0.3, -0.25) is 19.4 Å². The van der Waals surface area contributed by atoms with Crippen LogP contribution in [0.1, 0.15) is 96.2 Å². The highest BCUT2D eigenvalue weighted by Crippen LogP contribution is 2.45. The van der Waals surface area contributed by atoms with Crippen molar-refractivity contribution in [2.75, 3.05) is 46.0 Å². The van der Waals surface area contributed by atoms with E-state index in [2.05, 4.69) is 10.3 Å². The summed E-state index contributed by atoms with van der Waals surface area (Å²) in [6.45, 7) is 5.35. The topological polar surface area (TPSA) is 138 Å². The summed E-state index contributed by atoms with van der Waals surface area (Å²) in [5.41, 5.74) is 2.55. The number of carboxylic acid groups (broad SMARTS) is 1. The molecule has 6 rings (SSSR count). The standard InChI is InChI=1S/C36H48N4O7S/c1-24(47-21-25-5-3-2-4-6-25)31(34(43)39-15-11-27(12-16-39)26-7-9-28(10-8-26)35(44)45)38-32(41)29-20-40(33(42)30-19-37-23-48-30)22-36(29)13-17-46-18-14-36/h7-10,19,23-25,27,29,31H,2-6,11-18,20-22H2,1H3,(H,38,41)(H,44,45)/t24-,29?,31+/m1/s1. The Kier molecular flexibility index (Phi) is 11.1. The number of piperidine rings is 1. The predicted molar refractivity (Wildman–Crippen MR) is 180 cm³/mol. The van der Waals surface area contributed by atoms with Crippen LogP contribution in [-0.2, 0) is 19.1 Å². The first-order chi connectivity index (χ1) is 23.2. The van der Waals surface area contributed by atoms with Crippen molar-refractivity contribution in [2.24, 2.45) is 17.3 Å². The van der Waals surface area contributed by atoms with E-state index in [1.54, 1.807) is 28.7 Å². The fraction of sp³-hybridized carbons (Fsp3) is 0.639. The van der Waals surface area contributed by atoms with E-state index in [0.717, 1.165) is 31.2 Å². The lowest BCUT2D eigenvalue weighted by Gasteiger charge is -2.39. The third-order valence-corrected chi connectivity index (χ3v) is 11.9. The summed E-state index contributed by atoms with van der Waals surface area (Å²) in [5, 5.41) is 12.4. The Hall–Kier alpha value is -3.35. The minimum absolute atomic E-state index is 0.115. The van der Waals surface area contributed by atoms with E-state index < -0.39 is 29.4 Å². The number of hydrogen-bond acceptors (Lipinski definition) is 8. The smallest absolute Gasteiger partial charge is 0.335 e. The van der Waals surface area contributed by atoms with Crippen LogP contribution in [0.3, 0.4) is 0 Å². The number of hydrogen-bond donors (Lipinski definition) is 2. The second-order valence-electron chi connectivity index (χ2n) is 14.1. The number of benzene rings is 1. The Bertz CT molecular complexity index is 1410. The van der Waals surface area contributed by atoms with E-state index in [-0.39, 0.29) is 35.7 Å². The lowest BCUT2D eigenvalue weighted by molar-refractivity contribution is -0.144. The number of thiazole rings is 1. The maximum Gasteiger partial charge on any atom is 0.335 e. The van der Waals surface area contributed by atoms with Gasteiger partial charge in [-0.25, -0.2) is 4.79 Å². The largest absolute Gasteiger partial charge is 0.478 e. The molecule has 3 aliphatic heterocycles. The van der Waals surface area contributed by atoms with Gasteiger partial charge in [0.1, 0.15) is 10.9 Å². The number of rotatable bonds is 10. The zero-order valence-electron chi connectivity index (χ0n) is 27.8.